The lowest BCUT2D eigenvalue weighted by Crippen LogP contribution is -2.17. The Morgan fingerprint density at radius 1 is 1.27 bits per heavy atom. The quantitative estimate of drug-likeness (QED) is 0.792. The number of aromatic nitrogens is 1. The average Bonchev–Trinajstić information content (AvgIpc) is 3.23. The highest BCUT2D eigenvalue weighted by atomic mass is 19.4. The summed E-state index contributed by atoms with van der Waals surface area (Å²) >= 11 is 0. The van der Waals surface area contributed by atoms with Crippen molar-refractivity contribution in [2.24, 2.45) is 0 Å². The first-order valence-electron chi connectivity index (χ1n) is 9.72. The van der Waals surface area contributed by atoms with Gasteiger partial charge in [0.25, 0.3) is 5.91 Å². The standard InChI is InChI=1S/C22H22F3N3O2/c1-4-26-18-9-14(27-17-6-5-16(20(17)18)22(23,24)25)8-12-7-13-11-28(2)21(29)15(13)10-19(12)30-3/h5,7,9-10H,4,6,8,11H2,1-3H3,(H,26,27). The van der Waals surface area contributed by atoms with E-state index in [9.17, 15) is 18.0 Å². The number of halogens is 3. The first kappa shape index (κ1) is 20.3. The van der Waals surface area contributed by atoms with Crippen molar-refractivity contribution in [3.63, 3.8) is 0 Å². The number of methoxy groups -OCH3 is 1. The molecule has 1 N–H and O–H groups in total. The number of rotatable bonds is 5. The molecular weight excluding hydrogens is 395 g/mol. The van der Waals surface area contributed by atoms with Crippen LogP contribution in [-0.2, 0) is 19.4 Å². The molecule has 30 heavy (non-hydrogen) atoms. The van der Waals surface area contributed by atoms with E-state index in [1.165, 1.54) is 13.2 Å². The third-order valence-corrected chi connectivity index (χ3v) is 5.45. The van der Waals surface area contributed by atoms with Gasteiger partial charge in [0.1, 0.15) is 5.75 Å². The Morgan fingerprint density at radius 3 is 2.70 bits per heavy atom. The van der Waals surface area contributed by atoms with Gasteiger partial charge in [0.15, 0.2) is 0 Å². The first-order chi connectivity index (χ1) is 14.2. The molecule has 1 aliphatic carbocycles. The highest BCUT2D eigenvalue weighted by molar-refractivity contribution is 5.98. The van der Waals surface area contributed by atoms with Crippen LogP contribution in [0.3, 0.4) is 0 Å². The van der Waals surface area contributed by atoms with Crippen LogP contribution in [0, 0.1) is 0 Å². The molecule has 5 nitrogen and oxygen atoms in total. The third kappa shape index (κ3) is 3.40. The highest BCUT2D eigenvalue weighted by Gasteiger charge is 2.40. The molecule has 1 aromatic carbocycles. The zero-order valence-electron chi connectivity index (χ0n) is 17.0. The summed E-state index contributed by atoms with van der Waals surface area (Å²) in [5.41, 5.74) is 3.39. The number of ether oxygens (including phenoxy) is 1. The number of allylic oxidation sites excluding steroid dienone is 2. The summed E-state index contributed by atoms with van der Waals surface area (Å²) < 4.78 is 45.8. The molecule has 0 atom stereocenters. The SMILES string of the molecule is CCNc1cc(Cc2cc3c(cc2OC)C(=O)N(C)C3)nc2c1C(C(F)(F)F)=CC2. The maximum atomic E-state index is 13.4. The zero-order chi connectivity index (χ0) is 21.6. The van der Waals surface area contributed by atoms with Gasteiger partial charge in [-0.1, -0.05) is 6.08 Å². The molecule has 1 aromatic heterocycles. The fourth-order valence-electron chi connectivity index (χ4n) is 4.14. The second-order valence-corrected chi connectivity index (χ2v) is 7.49. The molecule has 2 aliphatic rings. The highest BCUT2D eigenvalue weighted by Crippen LogP contribution is 2.43. The molecule has 1 amide bonds. The van der Waals surface area contributed by atoms with Crippen LogP contribution in [0.4, 0.5) is 18.9 Å². The maximum absolute atomic E-state index is 13.4. The number of nitrogens with one attached hydrogen (secondary N) is 1. The van der Waals surface area contributed by atoms with Crippen molar-refractivity contribution in [1.29, 1.82) is 0 Å². The van der Waals surface area contributed by atoms with Gasteiger partial charge in [0.2, 0.25) is 0 Å². The molecule has 0 saturated carbocycles. The number of carbonyl (C=O) groups is 1. The average molecular weight is 417 g/mol. The number of benzene rings is 1. The minimum absolute atomic E-state index is 0.0503. The number of pyridine rings is 1. The Kier molecular flexibility index (Phi) is 4.95. The van der Waals surface area contributed by atoms with E-state index in [1.54, 1.807) is 24.1 Å². The molecule has 0 spiro atoms. The smallest absolute Gasteiger partial charge is 0.416 e. The van der Waals surface area contributed by atoms with Gasteiger partial charge in [0.05, 0.1) is 18.4 Å². The largest absolute Gasteiger partial charge is 0.496 e. The summed E-state index contributed by atoms with van der Waals surface area (Å²) in [7, 11) is 3.28. The molecule has 1 aliphatic heterocycles. The van der Waals surface area contributed by atoms with E-state index < -0.39 is 11.7 Å². The summed E-state index contributed by atoms with van der Waals surface area (Å²) in [5, 5.41) is 3.05. The monoisotopic (exact) mass is 417 g/mol. The van der Waals surface area contributed by atoms with Crippen LogP contribution in [-0.4, -0.2) is 42.7 Å². The third-order valence-electron chi connectivity index (χ3n) is 5.45. The van der Waals surface area contributed by atoms with E-state index in [-0.39, 0.29) is 17.9 Å². The van der Waals surface area contributed by atoms with Crippen molar-refractivity contribution >= 4 is 17.2 Å². The summed E-state index contributed by atoms with van der Waals surface area (Å²) in [5.74, 6) is 0.518. The lowest BCUT2D eigenvalue weighted by atomic mass is 9.99. The van der Waals surface area contributed by atoms with Crippen LogP contribution < -0.4 is 10.1 Å². The van der Waals surface area contributed by atoms with Gasteiger partial charge in [-0.15, -0.1) is 0 Å². The van der Waals surface area contributed by atoms with Crippen molar-refractivity contribution in [1.82, 2.24) is 9.88 Å². The van der Waals surface area contributed by atoms with Crippen LogP contribution in [0.5, 0.6) is 5.75 Å². The molecule has 0 saturated heterocycles. The molecule has 158 valence electrons. The summed E-state index contributed by atoms with van der Waals surface area (Å²) in [6.07, 6.45) is -2.68. The predicted molar refractivity (Wildman–Crippen MR) is 108 cm³/mol. The summed E-state index contributed by atoms with van der Waals surface area (Å²) in [6, 6.07) is 5.34. The molecule has 0 fully saturated rings. The number of fused-ring (bicyclic) bond motifs is 2. The van der Waals surface area contributed by atoms with Gasteiger partial charge in [0, 0.05) is 61.1 Å². The topological polar surface area (TPSA) is 54.5 Å². The van der Waals surface area contributed by atoms with E-state index in [4.69, 9.17) is 4.74 Å². The van der Waals surface area contributed by atoms with E-state index in [2.05, 4.69) is 10.3 Å². The van der Waals surface area contributed by atoms with Crippen molar-refractivity contribution < 1.29 is 22.7 Å². The van der Waals surface area contributed by atoms with Gasteiger partial charge < -0.3 is 15.0 Å². The van der Waals surface area contributed by atoms with Crippen molar-refractivity contribution in [3.8, 4) is 5.75 Å². The Bertz CT molecular complexity index is 1060. The molecule has 4 rings (SSSR count). The minimum atomic E-state index is -4.42. The van der Waals surface area contributed by atoms with Gasteiger partial charge in [-0.05, 0) is 30.7 Å². The number of anilines is 1. The fraction of sp³-hybridized carbons (Fsp3) is 0.364. The molecule has 2 aromatic rings. The first-order valence-corrected chi connectivity index (χ1v) is 9.72. The normalized spacial score (nSPS) is 15.2. The molecule has 0 bridgehead atoms. The van der Waals surface area contributed by atoms with Crippen LogP contribution in [0.25, 0.3) is 5.57 Å². The number of amides is 1. The van der Waals surface area contributed by atoms with Crippen LogP contribution in [0.2, 0.25) is 0 Å². The van der Waals surface area contributed by atoms with Crippen LogP contribution >= 0.6 is 0 Å². The Labute approximate surface area is 172 Å². The Hall–Kier alpha value is -3.03. The molecule has 0 unspecified atom stereocenters. The van der Waals surface area contributed by atoms with E-state index in [1.807, 2.05) is 13.0 Å². The van der Waals surface area contributed by atoms with E-state index >= 15 is 0 Å². The number of hydrogen-bond acceptors (Lipinski definition) is 4. The Balaban J connectivity index is 1.73. The zero-order valence-corrected chi connectivity index (χ0v) is 17.0. The number of nitrogens with zero attached hydrogens (tertiary/aromatic N) is 2. The second-order valence-electron chi connectivity index (χ2n) is 7.49. The lowest BCUT2D eigenvalue weighted by Gasteiger charge is -2.17. The number of hydrogen-bond donors (Lipinski definition) is 1. The molecule has 0 radical (unpaired) electrons. The lowest BCUT2D eigenvalue weighted by molar-refractivity contribution is -0.0687. The number of alkyl halides is 3. The van der Waals surface area contributed by atoms with E-state index in [0.717, 1.165) is 11.1 Å². The summed E-state index contributed by atoms with van der Waals surface area (Å²) in [6.45, 7) is 2.86. The predicted octanol–water partition coefficient (Wildman–Crippen LogP) is 4.20. The van der Waals surface area contributed by atoms with Crippen LogP contribution in [0.1, 0.15) is 45.4 Å². The number of carbonyl (C=O) groups excluding carboxylic acids is 1. The van der Waals surface area contributed by atoms with E-state index in [0.29, 0.717) is 47.9 Å². The second kappa shape index (κ2) is 7.34. The van der Waals surface area contributed by atoms with Crippen molar-refractivity contribution in [2.45, 2.75) is 32.5 Å². The fourth-order valence-corrected chi connectivity index (χ4v) is 4.14. The molecule has 2 heterocycles. The molecular formula is C22H22F3N3O2. The van der Waals surface area contributed by atoms with Gasteiger partial charge in [-0.2, -0.15) is 13.2 Å². The summed E-state index contributed by atoms with van der Waals surface area (Å²) in [4.78, 5) is 18.4. The minimum Gasteiger partial charge on any atom is -0.496 e. The molecule has 8 heteroatoms. The van der Waals surface area contributed by atoms with Gasteiger partial charge in [-0.3, -0.25) is 9.78 Å². The Morgan fingerprint density at radius 2 is 2.03 bits per heavy atom. The maximum Gasteiger partial charge on any atom is 0.416 e. The van der Waals surface area contributed by atoms with Crippen molar-refractivity contribution in [3.05, 3.63) is 57.9 Å². The van der Waals surface area contributed by atoms with Crippen molar-refractivity contribution in [2.75, 3.05) is 26.0 Å². The van der Waals surface area contributed by atoms with Gasteiger partial charge >= 0.3 is 6.18 Å². The van der Waals surface area contributed by atoms with Crippen LogP contribution in [0.15, 0.2) is 24.3 Å². The van der Waals surface area contributed by atoms with Gasteiger partial charge in [-0.25, -0.2) is 0 Å².